The first-order chi connectivity index (χ1) is 28.7. The van der Waals surface area contributed by atoms with Crippen molar-refractivity contribution >= 4 is 38.9 Å². The fourth-order valence-electron chi connectivity index (χ4n) is 8.13. The maximum absolute atomic E-state index is 5.39. The lowest BCUT2D eigenvalue weighted by atomic mass is 10.00. The first-order valence-electron chi connectivity index (χ1n) is 19.7. The highest BCUT2D eigenvalue weighted by Gasteiger charge is 2.15. The summed E-state index contributed by atoms with van der Waals surface area (Å²) in [4.78, 5) is 2.33. The van der Waals surface area contributed by atoms with E-state index < -0.39 is 0 Å². The van der Waals surface area contributed by atoms with Gasteiger partial charge in [0.05, 0.1) is 18.1 Å². The molecule has 0 aliphatic rings. The number of fused-ring (bicyclic) bond motifs is 3. The lowest BCUT2D eigenvalue weighted by Crippen LogP contribution is -2.09. The van der Waals surface area contributed by atoms with Crippen molar-refractivity contribution in [1.82, 2.24) is 4.57 Å². The highest BCUT2D eigenvalue weighted by atomic mass is 16.5. The van der Waals surface area contributed by atoms with E-state index in [-0.39, 0.29) is 0 Å². The van der Waals surface area contributed by atoms with Crippen molar-refractivity contribution < 1.29 is 4.74 Å². The van der Waals surface area contributed by atoms with Gasteiger partial charge >= 0.3 is 0 Å². The van der Waals surface area contributed by atoms with Gasteiger partial charge in [0.25, 0.3) is 0 Å². The second-order valence-electron chi connectivity index (χ2n) is 14.6. The molecule has 0 bridgehead atoms. The number of hydrogen-bond donors (Lipinski definition) is 0. The van der Waals surface area contributed by atoms with Gasteiger partial charge in [-0.2, -0.15) is 0 Å². The third kappa shape index (κ3) is 6.59. The predicted molar refractivity (Wildman–Crippen MR) is 244 cm³/mol. The summed E-state index contributed by atoms with van der Waals surface area (Å²) < 4.78 is 7.75. The number of anilines is 3. The Morgan fingerprint density at radius 2 is 0.621 bits per heavy atom. The summed E-state index contributed by atoms with van der Waals surface area (Å²) in [5, 5.41) is 2.54. The van der Waals surface area contributed by atoms with Crippen LogP contribution in [0.4, 0.5) is 17.1 Å². The Labute approximate surface area is 339 Å². The smallest absolute Gasteiger partial charge is 0.118 e. The van der Waals surface area contributed by atoms with Crippen LogP contribution in [0.25, 0.3) is 72.0 Å². The van der Waals surface area contributed by atoms with E-state index in [1.165, 1.54) is 55.2 Å². The predicted octanol–water partition coefficient (Wildman–Crippen LogP) is 14.9. The molecule has 9 aromatic carbocycles. The van der Waals surface area contributed by atoms with E-state index in [1.807, 2.05) is 12.1 Å². The maximum Gasteiger partial charge on any atom is 0.118 e. The SMILES string of the molecule is COc1ccc(-c2ccc(N(c3ccc(-c4ccc(-c5ccccc5)cc4)cc3)c3ccc(-c4ccc(-n5c6ccccc6c6ccccc65)cc4)cc3)cc2)cc1. The van der Waals surface area contributed by atoms with Gasteiger partial charge in [0.1, 0.15) is 5.75 Å². The minimum atomic E-state index is 0.852. The van der Waals surface area contributed by atoms with E-state index in [1.54, 1.807) is 7.11 Å². The second-order valence-corrected chi connectivity index (χ2v) is 14.6. The maximum atomic E-state index is 5.39. The highest BCUT2D eigenvalue weighted by Crippen LogP contribution is 2.39. The van der Waals surface area contributed by atoms with E-state index >= 15 is 0 Å². The van der Waals surface area contributed by atoms with Crippen LogP contribution in [0.15, 0.2) is 224 Å². The molecule has 0 aliphatic heterocycles. The van der Waals surface area contributed by atoms with Gasteiger partial charge in [-0.25, -0.2) is 0 Å². The van der Waals surface area contributed by atoms with Crippen LogP contribution in [0, 0.1) is 0 Å². The summed E-state index contributed by atoms with van der Waals surface area (Å²) >= 11 is 0. The van der Waals surface area contributed by atoms with Crippen molar-refractivity contribution in [2.75, 3.05) is 12.0 Å². The van der Waals surface area contributed by atoms with Crippen molar-refractivity contribution in [1.29, 1.82) is 0 Å². The van der Waals surface area contributed by atoms with E-state index in [0.29, 0.717) is 0 Å². The van der Waals surface area contributed by atoms with E-state index in [4.69, 9.17) is 4.74 Å². The Hall–Kier alpha value is -7.62. The molecule has 0 aliphatic carbocycles. The zero-order valence-corrected chi connectivity index (χ0v) is 32.2. The highest BCUT2D eigenvalue weighted by molar-refractivity contribution is 6.09. The largest absolute Gasteiger partial charge is 0.497 e. The van der Waals surface area contributed by atoms with Crippen LogP contribution >= 0.6 is 0 Å². The van der Waals surface area contributed by atoms with Gasteiger partial charge in [-0.1, -0.05) is 152 Å². The number of ether oxygens (including phenoxy) is 1. The first-order valence-corrected chi connectivity index (χ1v) is 19.7. The Balaban J connectivity index is 0.966. The van der Waals surface area contributed by atoms with E-state index in [0.717, 1.165) is 39.6 Å². The molecule has 0 unspecified atom stereocenters. The van der Waals surface area contributed by atoms with Gasteiger partial charge < -0.3 is 14.2 Å². The van der Waals surface area contributed by atoms with Gasteiger partial charge in [0, 0.05) is 33.5 Å². The first kappa shape index (κ1) is 34.8. The Kier molecular flexibility index (Phi) is 9.09. The number of nitrogens with zero attached hydrogens (tertiary/aromatic N) is 2. The molecule has 58 heavy (non-hydrogen) atoms. The number of aromatic nitrogens is 1. The fourth-order valence-corrected chi connectivity index (χ4v) is 8.13. The summed E-state index contributed by atoms with van der Waals surface area (Å²) in [5.74, 6) is 0.852. The molecule has 10 rings (SSSR count). The van der Waals surface area contributed by atoms with Gasteiger partial charge in [-0.3, -0.25) is 0 Å². The van der Waals surface area contributed by atoms with Crippen molar-refractivity contribution in [2.24, 2.45) is 0 Å². The zero-order valence-electron chi connectivity index (χ0n) is 32.2. The second kappa shape index (κ2) is 15.1. The topological polar surface area (TPSA) is 17.4 Å². The lowest BCUT2D eigenvalue weighted by molar-refractivity contribution is 0.415. The molecule has 0 saturated heterocycles. The number of hydrogen-bond acceptors (Lipinski definition) is 2. The van der Waals surface area contributed by atoms with Crippen LogP contribution in [0.1, 0.15) is 0 Å². The van der Waals surface area contributed by atoms with Crippen LogP contribution < -0.4 is 9.64 Å². The van der Waals surface area contributed by atoms with Crippen molar-refractivity contribution in [2.45, 2.75) is 0 Å². The molecule has 0 amide bonds. The molecule has 1 heterocycles. The monoisotopic (exact) mass is 744 g/mol. The molecule has 0 fully saturated rings. The lowest BCUT2D eigenvalue weighted by Gasteiger charge is -2.26. The number of methoxy groups -OCH3 is 1. The number of para-hydroxylation sites is 2. The Morgan fingerprint density at radius 3 is 1.02 bits per heavy atom. The molecule has 0 spiro atoms. The summed E-state index contributed by atoms with van der Waals surface area (Å²) in [7, 11) is 1.70. The molecule has 0 radical (unpaired) electrons. The van der Waals surface area contributed by atoms with Crippen molar-refractivity contribution in [3.05, 3.63) is 224 Å². The zero-order chi connectivity index (χ0) is 38.8. The number of rotatable bonds is 9. The van der Waals surface area contributed by atoms with Gasteiger partial charge in [0.2, 0.25) is 0 Å². The van der Waals surface area contributed by atoms with E-state index in [9.17, 15) is 0 Å². The van der Waals surface area contributed by atoms with Crippen LogP contribution in [-0.4, -0.2) is 11.7 Å². The molecule has 1 aromatic heterocycles. The van der Waals surface area contributed by atoms with Gasteiger partial charge in [0.15, 0.2) is 0 Å². The average molecular weight is 745 g/mol. The molecule has 3 nitrogen and oxygen atoms in total. The van der Waals surface area contributed by atoms with E-state index in [2.05, 4.69) is 222 Å². The molecule has 10 aromatic rings. The van der Waals surface area contributed by atoms with Crippen molar-refractivity contribution in [3.63, 3.8) is 0 Å². The van der Waals surface area contributed by atoms with Gasteiger partial charge in [-0.05, 0) is 117 Å². The Morgan fingerprint density at radius 1 is 0.310 bits per heavy atom. The summed E-state index contributed by atoms with van der Waals surface area (Å²) in [6.45, 7) is 0. The normalized spacial score (nSPS) is 11.2. The van der Waals surface area contributed by atoms with Crippen LogP contribution in [0.5, 0.6) is 5.75 Å². The third-order valence-corrected chi connectivity index (χ3v) is 11.2. The summed E-state index contributed by atoms with van der Waals surface area (Å²) in [5.41, 5.74) is 16.3. The molecule has 276 valence electrons. The number of benzene rings is 9. The quantitative estimate of drug-likeness (QED) is 0.146. The minimum absolute atomic E-state index is 0.852. The molecule has 0 atom stereocenters. The molecular formula is C55H40N2O. The van der Waals surface area contributed by atoms with Crippen LogP contribution in [0.3, 0.4) is 0 Å². The fraction of sp³-hybridized carbons (Fsp3) is 0.0182. The minimum Gasteiger partial charge on any atom is -0.497 e. The van der Waals surface area contributed by atoms with Crippen LogP contribution in [-0.2, 0) is 0 Å². The van der Waals surface area contributed by atoms with Crippen LogP contribution in [0.2, 0.25) is 0 Å². The summed E-state index contributed by atoms with van der Waals surface area (Å²) in [6.07, 6.45) is 0. The summed E-state index contributed by atoms with van der Waals surface area (Å²) in [6, 6.07) is 80.4. The molecule has 0 saturated carbocycles. The third-order valence-electron chi connectivity index (χ3n) is 11.2. The molecule has 3 heteroatoms. The van der Waals surface area contributed by atoms with Crippen molar-refractivity contribution in [3.8, 4) is 55.9 Å². The molecular weight excluding hydrogens is 705 g/mol. The molecule has 0 N–H and O–H groups in total. The van der Waals surface area contributed by atoms with Gasteiger partial charge in [-0.15, -0.1) is 0 Å². The Bertz CT molecular complexity index is 2910. The average Bonchev–Trinajstić information content (AvgIpc) is 3.65. The standard InChI is InChI=1S/C55H40N2O/c1-58-51-37-27-46(28-38-51)45-23-33-49(34-24-45)56(47-29-19-42(20-30-47)41-17-15-40(16-18-41)39-9-3-2-4-10-39)48-31-21-43(22-32-48)44-25-35-50(36-26-44)57-54-13-7-5-11-52(54)53-12-6-8-14-55(53)57/h2-38H,1H3.